The van der Waals surface area contributed by atoms with Crippen LogP contribution in [0.2, 0.25) is 0 Å². The van der Waals surface area contributed by atoms with Gasteiger partial charge >= 0.3 is 6.36 Å². The molecule has 2 N–H and O–H groups in total. The van der Waals surface area contributed by atoms with Crippen LogP contribution in [-0.4, -0.2) is 17.3 Å². The van der Waals surface area contributed by atoms with Gasteiger partial charge in [-0.25, -0.2) is 4.98 Å². The maximum atomic E-state index is 12.0. The van der Waals surface area contributed by atoms with E-state index in [9.17, 15) is 18.0 Å². The molecule has 0 aliphatic rings. The van der Waals surface area contributed by atoms with Gasteiger partial charge in [-0.3, -0.25) is 4.79 Å². The van der Waals surface area contributed by atoms with Crippen LogP contribution in [0.4, 0.5) is 13.2 Å². The van der Waals surface area contributed by atoms with Crippen LogP contribution in [-0.2, 0) is 0 Å². The average molecular weight is 298 g/mol. The number of nitrogens with two attached hydrogens (primary N) is 1. The van der Waals surface area contributed by atoms with Crippen molar-refractivity contribution in [1.82, 2.24) is 4.98 Å². The lowest BCUT2D eigenvalue weighted by molar-refractivity contribution is -0.274. The number of amides is 1. The first-order valence-corrected chi connectivity index (χ1v) is 5.63. The number of alkyl halides is 3. The number of ether oxygens (including phenoxy) is 2. The van der Waals surface area contributed by atoms with E-state index in [1.54, 1.807) is 0 Å². The molecule has 0 aliphatic carbocycles. The number of carbonyl (C=O) groups excluding carboxylic acids is 1. The second kappa shape index (κ2) is 5.70. The predicted octanol–water partition coefficient (Wildman–Crippen LogP) is 2.87. The molecule has 0 atom stereocenters. The van der Waals surface area contributed by atoms with Gasteiger partial charge in [-0.2, -0.15) is 0 Å². The monoisotopic (exact) mass is 298 g/mol. The highest BCUT2D eigenvalue weighted by atomic mass is 19.4. The fourth-order valence-corrected chi connectivity index (χ4v) is 1.48. The number of hydrogen-bond donors (Lipinski definition) is 1. The summed E-state index contributed by atoms with van der Waals surface area (Å²) in [5, 5.41) is 0. The maximum Gasteiger partial charge on any atom is 0.573 e. The van der Waals surface area contributed by atoms with Crippen LogP contribution in [0.3, 0.4) is 0 Å². The number of rotatable bonds is 4. The van der Waals surface area contributed by atoms with E-state index in [0.29, 0.717) is 0 Å². The molecule has 0 bridgehead atoms. The summed E-state index contributed by atoms with van der Waals surface area (Å²) in [6.07, 6.45) is -3.37. The Morgan fingerprint density at radius 3 is 2.29 bits per heavy atom. The Hall–Kier alpha value is -2.77. The van der Waals surface area contributed by atoms with Gasteiger partial charge in [0, 0.05) is 6.20 Å². The SMILES string of the molecule is NC(=O)c1cccnc1Oc1ccc(OC(F)(F)F)cc1. The van der Waals surface area contributed by atoms with Crippen LogP contribution in [0, 0.1) is 0 Å². The maximum absolute atomic E-state index is 12.0. The topological polar surface area (TPSA) is 74.4 Å². The van der Waals surface area contributed by atoms with Crippen molar-refractivity contribution in [2.24, 2.45) is 5.73 Å². The highest BCUT2D eigenvalue weighted by Gasteiger charge is 2.31. The van der Waals surface area contributed by atoms with Crippen molar-refractivity contribution in [2.75, 3.05) is 0 Å². The number of pyridine rings is 1. The van der Waals surface area contributed by atoms with Crippen LogP contribution in [0.1, 0.15) is 10.4 Å². The van der Waals surface area contributed by atoms with Gasteiger partial charge in [-0.15, -0.1) is 13.2 Å². The summed E-state index contributed by atoms with van der Waals surface area (Å²) in [6.45, 7) is 0. The standard InChI is InChI=1S/C13H9F3N2O3/c14-13(15,16)21-9-5-3-8(4-6-9)20-12-10(11(17)19)2-1-7-18-12/h1-7H,(H2,17,19). The number of hydrogen-bond acceptors (Lipinski definition) is 4. The first-order valence-electron chi connectivity index (χ1n) is 5.63. The molecule has 2 rings (SSSR count). The van der Waals surface area contributed by atoms with Crippen LogP contribution >= 0.6 is 0 Å². The van der Waals surface area contributed by atoms with E-state index in [1.807, 2.05) is 0 Å². The fraction of sp³-hybridized carbons (Fsp3) is 0.0769. The zero-order chi connectivity index (χ0) is 15.5. The van der Waals surface area contributed by atoms with Gasteiger partial charge in [-0.1, -0.05) is 0 Å². The molecule has 0 unspecified atom stereocenters. The van der Waals surface area contributed by atoms with Gasteiger partial charge in [0.25, 0.3) is 5.91 Å². The number of benzene rings is 1. The molecule has 110 valence electrons. The van der Waals surface area contributed by atoms with E-state index in [-0.39, 0.29) is 22.9 Å². The van der Waals surface area contributed by atoms with E-state index in [0.717, 1.165) is 12.1 Å². The van der Waals surface area contributed by atoms with Gasteiger partial charge in [0.15, 0.2) is 0 Å². The molecule has 1 aromatic carbocycles. The third-order valence-corrected chi connectivity index (χ3v) is 2.31. The zero-order valence-electron chi connectivity index (χ0n) is 10.4. The van der Waals surface area contributed by atoms with Gasteiger partial charge in [0.2, 0.25) is 5.88 Å². The predicted molar refractivity (Wildman–Crippen MR) is 66.0 cm³/mol. The Morgan fingerprint density at radius 1 is 1.10 bits per heavy atom. The van der Waals surface area contributed by atoms with Crippen LogP contribution in [0.15, 0.2) is 42.6 Å². The molecule has 8 heteroatoms. The Kier molecular flexibility index (Phi) is 3.97. The smallest absolute Gasteiger partial charge is 0.438 e. The fourth-order valence-electron chi connectivity index (χ4n) is 1.48. The summed E-state index contributed by atoms with van der Waals surface area (Å²) in [5.41, 5.74) is 5.22. The number of halogens is 3. The molecule has 21 heavy (non-hydrogen) atoms. The van der Waals surface area contributed by atoms with E-state index >= 15 is 0 Å². The zero-order valence-corrected chi connectivity index (χ0v) is 10.4. The van der Waals surface area contributed by atoms with E-state index in [4.69, 9.17) is 10.5 Å². The van der Waals surface area contributed by atoms with Crippen molar-refractivity contribution in [3.8, 4) is 17.4 Å². The minimum absolute atomic E-state index is 0.0329. The van der Waals surface area contributed by atoms with Crippen molar-refractivity contribution in [3.63, 3.8) is 0 Å². The lowest BCUT2D eigenvalue weighted by Gasteiger charge is -2.10. The largest absolute Gasteiger partial charge is 0.573 e. The highest BCUT2D eigenvalue weighted by molar-refractivity contribution is 5.95. The van der Waals surface area contributed by atoms with Gasteiger partial charge in [0.1, 0.15) is 17.1 Å². The van der Waals surface area contributed by atoms with Crippen molar-refractivity contribution < 1.29 is 27.4 Å². The Morgan fingerprint density at radius 2 is 1.71 bits per heavy atom. The summed E-state index contributed by atoms with van der Waals surface area (Å²) >= 11 is 0. The number of carbonyl (C=O) groups is 1. The molecule has 1 aromatic heterocycles. The first-order chi connectivity index (χ1) is 9.85. The van der Waals surface area contributed by atoms with Gasteiger partial charge < -0.3 is 15.2 Å². The summed E-state index contributed by atoms with van der Waals surface area (Å²) in [5.74, 6) is -0.957. The molecule has 0 saturated heterocycles. The number of nitrogens with zero attached hydrogens (tertiary/aromatic N) is 1. The molecule has 5 nitrogen and oxygen atoms in total. The van der Waals surface area contributed by atoms with E-state index < -0.39 is 12.3 Å². The molecule has 0 fully saturated rings. The van der Waals surface area contributed by atoms with Crippen LogP contribution in [0.5, 0.6) is 17.4 Å². The molecule has 1 heterocycles. The minimum Gasteiger partial charge on any atom is -0.438 e. The quantitative estimate of drug-likeness (QED) is 0.941. The summed E-state index contributed by atoms with van der Waals surface area (Å²) < 4.78 is 45.1. The molecule has 2 aromatic rings. The van der Waals surface area contributed by atoms with Crippen molar-refractivity contribution in [3.05, 3.63) is 48.2 Å². The summed E-state index contributed by atoms with van der Waals surface area (Å²) in [7, 11) is 0. The average Bonchev–Trinajstić information content (AvgIpc) is 2.40. The van der Waals surface area contributed by atoms with Crippen LogP contribution in [0.25, 0.3) is 0 Å². The Bertz CT molecular complexity index is 642. The molecule has 0 spiro atoms. The molecule has 1 amide bonds. The lowest BCUT2D eigenvalue weighted by Crippen LogP contribution is -2.17. The van der Waals surface area contributed by atoms with Gasteiger partial charge in [0.05, 0.1) is 0 Å². The Labute approximate surface area is 117 Å². The molecule has 0 radical (unpaired) electrons. The molecular weight excluding hydrogens is 289 g/mol. The van der Waals surface area contributed by atoms with Gasteiger partial charge in [-0.05, 0) is 36.4 Å². The van der Waals surface area contributed by atoms with Crippen molar-refractivity contribution in [1.29, 1.82) is 0 Å². The number of primary amides is 1. The van der Waals surface area contributed by atoms with E-state index in [1.165, 1.54) is 30.5 Å². The van der Waals surface area contributed by atoms with E-state index in [2.05, 4.69) is 9.72 Å². The first kappa shape index (κ1) is 14.6. The lowest BCUT2D eigenvalue weighted by atomic mass is 10.2. The number of aromatic nitrogens is 1. The van der Waals surface area contributed by atoms with Crippen molar-refractivity contribution >= 4 is 5.91 Å². The van der Waals surface area contributed by atoms with Crippen molar-refractivity contribution in [2.45, 2.75) is 6.36 Å². The Balaban J connectivity index is 2.16. The molecular formula is C13H9F3N2O3. The van der Waals surface area contributed by atoms with Crippen LogP contribution < -0.4 is 15.2 Å². The molecule has 0 aliphatic heterocycles. The third-order valence-electron chi connectivity index (χ3n) is 2.31. The second-order valence-corrected chi connectivity index (χ2v) is 3.84. The summed E-state index contributed by atoms with van der Waals surface area (Å²) in [6, 6.07) is 7.59. The highest BCUT2D eigenvalue weighted by Crippen LogP contribution is 2.27. The molecule has 0 saturated carbocycles. The normalized spacial score (nSPS) is 11.0. The second-order valence-electron chi connectivity index (χ2n) is 3.84. The third kappa shape index (κ3) is 4.10. The summed E-state index contributed by atoms with van der Waals surface area (Å²) in [4.78, 5) is 15.0. The minimum atomic E-state index is -4.76.